The van der Waals surface area contributed by atoms with Crippen LogP contribution in [0.3, 0.4) is 0 Å². The van der Waals surface area contributed by atoms with Crippen molar-refractivity contribution in [2.45, 2.75) is 0 Å². The van der Waals surface area contributed by atoms with Crippen LogP contribution in [-0.2, 0) is 0 Å². The Balaban J connectivity index is 1.84. The Bertz CT molecular complexity index is 879. The standard InChI is InChI=1S/C17H16N4O2/c1-20(2)13-6-3-12(4-7-13)5-10-17-18-15-9-8-14(21(22)23)11-16(15)19-17/h3-11H,1-2H3,(H,18,19)/b10-5+. The second-order valence-electron chi connectivity index (χ2n) is 5.40. The molecular weight excluding hydrogens is 292 g/mol. The van der Waals surface area contributed by atoms with Crippen LogP contribution in [0.5, 0.6) is 0 Å². The van der Waals surface area contributed by atoms with E-state index in [-0.39, 0.29) is 5.69 Å². The van der Waals surface area contributed by atoms with Gasteiger partial charge in [-0.05, 0) is 29.8 Å². The van der Waals surface area contributed by atoms with Crippen molar-refractivity contribution in [2.75, 3.05) is 19.0 Å². The van der Waals surface area contributed by atoms with Crippen LogP contribution < -0.4 is 4.90 Å². The molecule has 0 aliphatic carbocycles. The van der Waals surface area contributed by atoms with Gasteiger partial charge in [-0.3, -0.25) is 10.1 Å². The molecule has 116 valence electrons. The number of anilines is 1. The average molecular weight is 308 g/mol. The van der Waals surface area contributed by atoms with E-state index >= 15 is 0 Å². The molecule has 0 unspecified atom stereocenters. The summed E-state index contributed by atoms with van der Waals surface area (Å²) >= 11 is 0. The summed E-state index contributed by atoms with van der Waals surface area (Å²) in [6.45, 7) is 0. The van der Waals surface area contributed by atoms with Gasteiger partial charge in [0.15, 0.2) is 0 Å². The summed E-state index contributed by atoms with van der Waals surface area (Å²) in [6.07, 6.45) is 3.81. The summed E-state index contributed by atoms with van der Waals surface area (Å²) in [5, 5.41) is 10.8. The molecule has 0 aliphatic heterocycles. The summed E-state index contributed by atoms with van der Waals surface area (Å²) in [4.78, 5) is 19.9. The number of hydrogen-bond acceptors (Lipinski definition) is 4. The number of nitrogens with zero attached hydrogens (tertiary/aromatic N) is 3. The van der Waals surface area contributed by atoms with Crippen LogP contribution in [0.1, 0.15) is 11.4 Å². The second-order valence-corrected chi connectivity index (χ2v) is 5.40. The first kappa shape index (κ1) is 14.8. The van der Waals surface area contributed by atoms with Crippen LogP contribution in [0.4, 0.5) is 11.4 Å². The molecule has 0 fully saturated rings. The molecule has 0 atom stereocenters. The summed E-state index contributed by atoms with van der Waals surface area (Å²) in [5.41, 5.74) is 3.61. The molecule has 0 radical (unpaired) electrons. The lowest BCUT2D eigenvalue weighted by Crippen LogP contribution is -2.07. The lowest BCUT2D eigenvalue weighted by Gasteiger charge is -2.11. The van der Waals surface area contributed by atoms with Crippen LogP contribution in [0.2, 0.25) is 0 Å². The van der Waals surface area contributed by atoms with Crippen molar-refractivity contribution in [2.24, 2.45) is 0 Å². The van der Waals surface area contributed by atoms with E-state index in [1.54, 1.807) is 6.07 Å². The van der Waals surface area contributed by atoms with E-state index in [4.69, 9.17) is 0 Å². The number of benzene rings is 2. The minimum absolute atomic E-state index is 0.0518. The van der Waals surface area contributed by atoms with E-state index in [1.807, 2.05) is 55.4 Å². The van der Waals surface area contributed by atoms with Gasteiger partial charge in [-0.1, -0.05) is 18.2 Å². The number of nitrogens with one attached hydrogen (secondary N) is 1. The van der Waals surface area contributed by atoms with Gasteiger partial charge in [0.1, 0.15) is 5.82 Å². The van der Waals surface area contributed by atoms with Gasteiger partial charge in [0.05, 0.1) is 16.0 Å². The van der Waals surface area contributed by atoms with Crippen LogP contribution >= 0.6 is 0 Å². The molecule has 1 aromatic heterocycles. The Labute approximate surface area is 133 Å². The first-order valence-electron chi connectivity index (χ1n) is 7.12. The minimum atomic E-state index is -0.415. The van der Waals surface area contributed by atoms with Crippen molar-refractivity contribution in [3.05, 3.63) is 64.0 Å². The highest BCUT2D eigenvalue weighted by molar-refractivity contribution is 5.80. The third kappa shape index (κ3) is 3.21. The third-order valence-electron chi connectivity index (χ3n) is 3.54. The maximum Gasteiger partial charge on any atom is 0.271 e. The van der Waals surface area contributed by atoms with E-state index < -0.39 is 4.92 Å². The van der Waals surface area contributed by atoms with Gasteiger partial charge in [0, 0.05) is 31.9 Å². The predicted molar refractivity (Wildman–Crippen MR) is 92.4 cm³/mol. The highest BCUT2D eigenvalue weighted by Gasteiger charge is 2.08. The average Bonchev–Trinajstić information content (AvgIpc) is 2.95. The quantitative estimate of drug-likeness (QED) is 0.589. The lowest BCUT2D eigenvalue weighted by atomic mass is 10.2. The van der Waals surface area contributed by atoms with Gasteiger partial charge in [0.25, 0.3) is 5.69 Å². The Kier molecular flexibility index (Phi) is 3.80. The molecule has 0 bridgehead atoms. The molecule has 0 saturated carbocycles. The van der Waals surface area contributed by atoms with Crippen molar-refractivity contribution in [1.82, 2.24) is 9.97 Å². The number of rotatable bonds is 4. The van der Waals surface area contributed by atoms with E-state index in [1.165, 1.54) is 12.1 Å². The second kappa shape index (κ2) is 5.92. The zero-order valence-corrected chi connectivity index (χ0v) is 12.9. The number of nitro benzene ring substituents is 1. The van der Waals surface area contributed by atoms with Gasteiger partial charge >= 0.3 is 0 Å². The number of hydrogen-bond donors (Lipinski definition) is 1. The molecule has 0 aliphatic rings. The number of imidazole rings is 1. The molecule has 0 spiro atoms. The smallest absolute Gasteiger partial charge is 0.271 e. The van der Waals surface area contributed by atoms with E-state index in [0.29, 0.717) is 16.9 Å². The highest BCUT2D eigenvalue weighted by Crippen LogP contribution is 2.20. The maximum absolute atomic E-state index is 10.8. The topological polar surface area (TPSA) is 75.1 Å². The Morgan fingerprint density at radius 3 is 2.52 bits per heavy atom. The first-order valence-corrected chi connectivity index (χ1v) is 7.12. The Morgan fingerprint density at radius 2 is 1.87 bits per heavy atom. The van der Waals surface area contributed by atoms with Crippen molar-refractivity contribution in [3.63, 3.8) is 0 Å². The molecule has 6 heteroatoms. The first-order chi connectivity index (χ1) is 11.0. The molecule has 23 heavy (non-hydrogen) atoms. The summed E-state index contributed by atoms with van der Waals surface area (Å²) in [6, 6.07) is 12.7. The molecule has 3 aromatic rings. The van der Waals surface area contributed by atoms with Gasteiger partial charge in [0.2, 0.25) is 0 Å². The van der Waals surface area contributed by atoms with E-state index in [0.717, 1.165) is 11.3 Å². The molecular formula is C17H16N4O2. The minimum Gasteiger partial charge on any atom is -0.378 e. The SMILES string of the molecule is CN(C)c1ccc(/C=C/c2nc3ccc([N+](=O)[O-])cc3[nH]2)cc1. The third-order valence-corrected chi connectivity index (χ3v) is 3.54. The molecule has 2 aromatic carbocycles. The highest BCUT2D eigenvalue weighted by atomic mass is 16.6. The fraction of sp³-hybridized carbons (Fsp3) is 0.118. The summed E-state index contributed by atoms with van der Waals surface area (Å²) in [7, 11) is 4.00. The number of H-pyrrole nitrogens is 1. The van der Waals surface area contributed by atoms with Crippen molar-refractivity contribution in [3.8, 4) is 0 Å². The number of aromatic nitrogens is 2. The molecule has 1 heterocycles. The van der Waals surface area contributed by atoms with Gasteiger partial charge in [-0.2, -0.15) is 0 Å². The summed E-state index contributed by atoms with van der Waals surface area (Å²) < 4.78 is 0. The van der Waals surface area contributed by atoms with E-state index in [9.17, 15) is 10.1 Å². The number of aromatic amines is 1. The Hall–Kier alpha value is -3.15. The monoisotopic (exact) mass is 308 g/mol. The van der Waals surface area contributed by atoms with Crippen LogP contribution in [0.15, 0.2) is 42.5 Å². The molecule has 6 nitrogen and oxygen atoms in total. The van der Waals surface area contributed by atoms with Crippen molar-refractivity contribution >= 4 is 34.6 Å². The zero-order chi connectivity index (χ0) is 16.4. The fourth-order valence-corrected chi connectivity index (χ4v) is 2.27. The van der Waals surface area contributed by atoms with Crippen LogP contribution in [0.25, 0.3) is 23.2 Å². The number of fused-ring (bicyclic) bond motifs is 1. The van der Waals surface area contributed by atoms with Crippen LogP contribution in [0, 0.1) is 10.1 Å². The normalized spacial score (nSPS) is 11.2. The van der Waals surface area contributed by atoms with Crippen LogP contribution in [-0.4, -0.2) is 29.0 Å². The molecule has 3 rings (SSSR count). The number of non-ortho nitro benzene ring substituents is 1. The van der Waals surface area contributed by atoms with E-state index in [2.05, 4.69) is 9.97 Å². The molecule has 1 N–H and O–H groups in total. The fourth-order valence-electron chi connectivity index (χ4n) is 2.27. The van der Waals surface area contributed by atoms with Crippen molar-refractivity contribution in [1.29, 1.82) is 0 Å². The lowest BCUT2D eigenvalue weighted by molar-refractivity contribution is -0.384. The predicted octanol–water partition coefficient (Wildman–Crippen LogP) is 3.71. The van der Waals surface area contributed by atoms with Crippen molar-refractivity contribution < 1.29 is 4.92 Å². The Morgan fingerprint density at radius 1 is 1.13 bits per heavy atom. The molecule has 0 saturated heterocycles. The van der Waals surface area contributed by atoms with Gasteiger partial charge in [-0.25, -0.2) is 4.98 Å². The van der Waals surface area contributed by atoms with Gasteiger partial charge in [-0.15, -0.1) is 0 Å². The number of nitro groups is 1. The maximum atomic E-state index is 10.8. The van der Waals surface area contributed by atoms with Gasteiger partial charge < -0.3 is 9.88 Å². The largest absolute Gasteiger partial charge is 0.378 e. The summed E-state index contributed by atoms with van der Waals surface area (Å²) in [5.74, 6) is 0.664. The zero-order valence-electron chi connectivity index (χ0n) is 12.9. The molecule has 0 amide bonds.